The lowest BCUT2D eigenvalue weighted by atomic mass is 10.1. The van der Waals surface area contributed by atoms with Gasteiger partial charge in [0.2, 0.25) is 5.91 Å². The molecule has 1 heterocycles. The van der Waals surface area contributed by atoms with Crippen LogP contribution < -0.4 is 15.0 Å². The van der Waals surface area contributed by atoms with Gasteiger partial charge in [-0.1, -0.05) is 19.1 Å². The Bertz CT molecular complexity index is 903. The summed E-state index contributed by atoms with van der Waals surface area (Å²) in [4.78, 5) is 37.9. The molecule has 0 saturated carbocycles. The summed E-state index contributed by atoms with van der Waals surface area (Å²) in [5.41, 5.74) is 0.630. The number of amides is 2. The van der Waals surface area contributed by atoms with Crippen LogP contribution in [-0.4, -0.2) is 41.7 Å². The first-order chi connectivity index (χ1) is 14.0. The quantitative estimate of drug-likeness (QED) is 0.424. The van der Waals surface area contributed by atoms with E-state index in [1.54, 1.807) is 35.2 Å². The summed E-state index contributed by atoms with van der Waals surface area (Å²) in [6, 6.07) is 13.2. The molecular formula is C20H21N3O5S. The molecule has 8 nitrogen and oxygen atoms in total. The first kappa shape index (κ1) is 20.7. The maximum absolute atomic E-state index is 12.9. The number of nitrogens with one attached hydrogen (secondary N) is 1. The zero-order chi connectivity index (χ0) is 20.8. The van der Waals surface area contributed by atoms with Crippen molar-refractivity contribution in [2.45, 2.75) is 24.3 Å². The van der Waals surface area contributed by atoms with Crippen LogP contribution in [0.5, 0.6) is 5.75 Å². The summed E-state index contributed by atoms with van der Waals surface area (Å²) >= 11 is 1.29. The lowest BCUT2D eigenvalue weighted by molar-refractivity contribution is -0.384. The van der Waals surface area contributed by atoms with Gasteiger partial charge in [-0.15, -0.1) is 11.8 Å². The number of carbonyl (C=O) groups excluding carboxylic acids is 2. The van der Waals surface area contributed by atoms with Crippen LogP contribution in [-0.2, 0) is 9.59 Å². The molecule has 1 aliphatic rings. The first-order valence-corrected chi connectivity index (χ1v) is 10.2. The van der Waals surface area contributed by atoms with E-state index in [2.05, 4.69) is 5.32 Å². The van der Waals surface area contributed by atoms with Gasteiger partial charge in [-0.3, -0.25) is 19.7 Å². The Kier molecular flexibility index (Phi) is 6.71. The van der Waals surface area contributed by atoms with Crippen LogP contribution in [0.15, 0.2) is 53.4 Å². The number of hydrogen-bond acceptors (Lipinski definition) is 6. The van der Waals surface area contributed by atoms with E-state index in [1.165, 1.54) is 23.9 Å². The summed E-state index contributed by atoms with van der Waals surface area (Å²) in [5.74, 6) is 0.207. The predicted octanol–water partition coefficient (Wildman–Crippen LogP) is 3.01. The maximum atomic E-state index is 12.9. The molecule has 0 saturated heterocycles. The maximum Gasteiger partial charge on any atom is 0.269 e. The van der Waals surface area contributed by atoms with E-state index in [0.29, 0.717) is 18.0 Å². The van der Waals surface area contributed by atoms with Crippen molar-refractivity contribution in [3.8, 4) is 5.75 Å². The molecule has 2 aromatic carbocycles. The van der Waals surface area contributed by atoms with Gasteiger partial charge in [0.25, 0.3) is 11.6 Å². The second-order valence-electron chi connectivity index (χ2n) is 6.41. The van der Waals surface area contributed by atoms with E-state index >= 15 is 0 Å². The van der Waals surface area contributed by atoms with Crippen LogP contribution >= 0.6 is 11.8 Å². The van der Waals surface area contributed by atoms with Gasteiger partial charge in [0.05, 0.1) is 22.9 Å². The van der Waals surface area contributed by atoms with Crippen molar-refractivity contribution in [3.63, 3.8) is 0 Å². The summed E-state index contributed by atoms with van der Waals surface area (Å²) in [6.45, 7) is 2.64. The molecule has 0 unspecified atom stereocenters. The molecule has 9 heteroatoms. The number of para-hydroxylation sites is 2. The fourth-order valence-electron chi connectivity index (χ4n) is 2.86. The van der Waals surface area contributed by atoms with Gasteiger partial charge in [0, 0.05) is 23.6 Å². The Labute approximate surface area is 172 Å². The number of thioether (sulfide) groups is 1. The number of nitro benzene ring substituents is 1. The summed E-state index contributed by atoms with van der Waals surface area (Å²) < 4.78 is 5.79. The number of nitro groups is 1. The van der Waals surface area contributed by atoms with Crippen LogP contribution in [0.4, 0.5) is 11.4 Å². The third kappa shape index (κ3) is 5.05. The number of rotatable bonds is 7. The Balaban J connectivity index is 1.70. The summed E-state index contributed by atoms with van der Waals surface area (Å²) in [6.07, 6.45) is 0.0357. The smallest absolute Gasteiger partial charge is 0.269 e. The molecule has 0 radical (unpaired) electrons. The van der Waals surface area contributed by atoms with Crippen molar-refractivity contribution in [2.75, 3.05) is 23.7 Å². The Morgan fingerprint density at radius 1 is 1.24 bits per heavy atom. The van der Waals surface area contributed by atoms with Crippen molar-refractivity contribution < 1.29 is 19.2 Å². The zero-order valence-electron chi connectivity index (χ0n) is 15.9. The topological polar surface area (TPSA) is 102 Å². The first-order valence-electron chi connectivity index (χ1n) is 9.20. The van der Waals surface area contributed by atoms with Crippen molar-refractivity contribution in [1.82, 2.24) is 5.32 Å². The van der Waals surface area contributed by atoms with Gasteiger partial charge in [0.15, 0.2) is 6.10 Å². The molecule has 3 rings (SSSR count). The molecule has 0 fully saturated rings. The number of benzene rings is 2. The number of hydrogen-bond donors (Lipinski definition) is 1. The number of ether oxygens (including phenoxy) is 1. The molecule has 152 valence electrons. The normalized spacial score (nSPS) is 15.2. The third-order valence-corrected chi connectivity index (χ3v) is 5.32. The molecule has 29 heavy (non-hydrogen) atoms. The molecule has 2 amide bonds. The van der Waals surface area contributed by atoms with E-state index in [4.69, 9.17) is 4.74 Å². The zero-order valence-corrected chi connectivity index (χ0v) is 16.7. The third-order valence-electron chi connectivity index (χ3n) is 4.33. The van der Waals surface area contributed by atoms with Crippen molar-refractivity contribution >= 4 is 35.0 Å². The Hall–Kier alpha value is -3.07. The number of nitrogens with zero attached hydrogens (tertiary/aromatic N) is 2. The van der Waals surface area contributed by atoms with Crippen LogP contribution in [0.25, 0.3) is 0 Å². The molecule has 1 aliphatic heterocycles. The molecule has 0 bridgehead atoms. The SMILES string of the molecule is CCCNC(=O)[C@@H]1CN(C(=O)CSc2ccc([N+](=O)[O-])cc2)c2ccccc2O1. The van der Waals surface area contributed by atoms with Gasteiger partial charge >= 0.3 is 0 Å². The number of fused-ring (bicyclic) bond motifs is 1. The van der Waals surface area contributed by atoms with Crippen LogP contribution in [0.2, 0.25) is 0 Å². The molecule has 2 aromatic rings. The lowest BCUT2D eigenvalue weighted by Gasteiger charge is -2.34. The van der Waals surface area contributed by atoms with Gasteiger partial charge in [0.1, 0.15) is 5.75 Å². The largest absolute Gasteiger partial charge is 0.477 e. The standard InChI is InChI=1S/C20H21N3O5S/c1-2-11-21-20(25)18-12-22(16-5-3-4-6-17(16)28-18)19(24)13-29-15-9-7-14(8-10-15)23(26)27/h3-10,18H,2,11-13H2,1H3,(H,21,25)/t18-/m0/s1. The highest BCUT2D eigenvalue weighted by Gasteiger charge is 2.33. The van der Waals surface area contributed by atoms with Crippen LogP contribution in [0.3, 0.4) is 0 Å². The minimum atomic E-state index is -0.773. The molecule has 0 aliphatic carbocycles. The Morgan fingerprint density at radius 2 is 1.97 bits per heavy atom. The van der Waals surface area contributed by atoms with Crippen LogP contribution in [0.1, 0.15) is 13.3 Å². The molecular weight excluding hydrogens is 394 g/mol. The van der Waals surface area contributed by atoms with Crippen molar-refractivity contribution in [2.24, 2.45) is 0 Å². The highest BCUT2D eigenvalue weighted by Crippen LogP contribution is 2.34. The summed E-state index contributed by atoms with van der Waals surface area (Å²) in [7, 11) is 0. The second-order valence-corrected chi connectivity index (χ2v) is 7.46. The monoisotopic (exact) mass is 415 g/mol. The van der Waals surface area contributed by atoms with Gasteiger partial charge < -0.3 is 15.0 Å². The fraction of sp³-hybridized carbons (Fsp3) is 0.300. The number of anilines is 1. The Morgan fingerprint density at radius 3 is 2.66 bits per heavy atom. The minimum Gasteiger partial charge on any atom is -0.477 e. The number of non-ortho nitro benzene ring substituents is 1. The van der Waals surface area contributed by atoms with E-state index in [1.807, 2.05) is 13.0 Å². The van der Waals surface area contributed by atoms with E-state index in [-0.39, 0.29) is 29.8 Å². The minimum absolute atomic E-state index is 0.00344. The molecule has 1 atom stereocenters. The van der Waals surface area contributed by atoms with Gasteiger partial charge in [-0.05, 0) is 30.7 Å². The van der Waals surface area contributed by atoms with E-state index in [0.717, 1.165) is 11.3 Å². The number of carbonyl (C=O) groups is 2. The lowest BCUT2D eigenvalue weighted by Crippen LogP contribution is -2.51. The van der Waals surface area contributed by atoms with Crippen molar-refractivity contribution in [3.05, 3.63) is 58.6 Å². The van der Waals surface area contributed by atoms with E-state index in [9.17, 15) is 19.7 Å². The second kappa shape index (κ2) is 9.42. The average molecular weight is 415 g/mol. The fourth-order valence-corrected chi connectivity index (χ4v) is 3.63. The predicted molar refractivity (Wildman–Crippen MR) is 110 cm³/mol. The van der Waals surface area contributed by atoms with Gasteiger partial charge in [-0.25, -0.2) is 0 Å². The van der Waals surface area contributed by atoms with Gasteiger partial charge in [-0.2, -0.15) is 0 Å². The average Bonchev–Trinajstić information content (AvgIpc) is 2.75. The highest BCUT2D eigenvalue weighted by atomic mass is 32.2. The highest BCUT2D eigenvalue weighted by molar-refractivity contribution is 8.00. The summed E-state index contributed by atoms with van der Waals surface area (Å²) in [5, 5.41) is 13.5. The molecule has 0 aromatic heterocycles. The van der Waals surface area contributed by atoms with Crippen LogP contribution in [0, 0.1) is 10.1 Å². The molecule has 1 N–H and O–H groups in total. The van der Waals surface area contributed by atoms with E-state index < -0.39 is 11.0 Å². The molecule has 0 spiro atoms. The van der Waals surface area contributed by atoms with Crippen molar-refractivity contribution in [1.29, 1.82) is 0 Å².